The standard InChI is InChI=1S/C27H30O12/c1-10(28)34-16-7-17(35-11(2)29)23-22(16)24-18(36-12(3)30)8-19(37-13(4)31)26(24)27-21(39-15(6)33)9-20(25(23)27)38-14(5)32/h16-21H,7-9H2,1-6H3/t16-,17-,18-,19+,20+,21-/m1/s1. The predicted octanol–water partition coefficient (Wildman–Crippen LogP) is 3.52. The molecule has 0 saturated heterocycles. The third-order valence-corrected chi connectivity index (χ3v) is 6.81. The first kappa shape index (κ1) is 28.1. The maximum absolute atomic E-state index is 12.1. The highest BCUT2D eigenvalue weighted by atomic mass is 16.6. The van der Waals surface area contributed by atoms with Crippen LogP contribution in [0.1, 0.15) is 131 Å². The normalized spacial score (nSPS) is 26.0. The molecule has 1 aromatic rings. The number of esters is 6. The minimum Gasteiger partial charge on any atom is -0.457 e. The van der Waals surface area contributed by atoms with Crippen LogP contribution in [0.3, 0.4) is 0 Å². The van der Waals surface area contributed by atoms with Crippen molar-refractivity contribution in [1.82, 2.24) is 0 Å². The monoisotopic (exact) mass is 546 g/mol. The summed E-state index contributed by atoms with van der Waals surface area (Å²) in [5.41, 5.74) is 2.54. The van der Waals surface area contributed by atoms with Crippen LogP contribution >= 0.6 is 0 Å². The molecule has 6 atom stereocenters. The average molecular weight is 547 g/mol. The van der Waals surface area contributed by atoms with Gasteiger partial charge in [-0.15, -0.1) is 0 Å². The third kappa shape index (κ3) is 5.45. The molecular formula is C27H30O12. The van der Waals surface area contributed by atoms with E-state index < -0.39 is 72.4 Å². The van der Waals surface area contributed by atoms with Crippen molar-refractivity contribution >= 4 is 35.8 Å². The highest BCUT2D eigenvalue weighted by Crippen LogP contribution is 2.61. The van der Waals surface area contributed by atoms with Gasteiger partial charge in [-0.3, -0.25) is 28.8 Å². The summed E-state index contributed by atoms with van der Waals surface area (Å²) in [5.74, 6) is -3.60. The Morgan fingerprint density at radius 3 is 0.590 bits per heavy atom. The number of ether oxygens (including phenoxy) is 6. The Morgan fingerprint density at radius 1 is 0.359 bits per heavy atom. The summed E-state index contributed by atoms with van der Waals surface area (Å²) < 4.78 is 33.8. The molecular weight excluding hydrogens is 516 g/mol. The summed E-state index contributed by atoms with van der Waals surface area (Å²) >= 11 is 0. The first-order valence-corrected chi connectivity index (χ1v) is 12.5. The van der Waals surface area contributed by atoms with E-state index in [1.165, 1.54) is 41.5 Å². The van der Waals surface area contributed by atoms with Crippen LogP contribution in [0.4, 0.5) is 0 Å². The van der Waals surface area contributed by atoms with Crippen LogP contribution in [0.5, 0.6) is 0 Å². The molecule has 0 saturated carbocycles. The largest absolute Gasteiger partial charge is 0.457 e. The molecule has 4 rings (SSSR count). The predicted molar refractivity (Wildman–Crippen MR) is 127 cm³/mol. The maximum atomic E-state index is 12.1. The van der Waals surface area contributed by atoms with Crippen molar-refractivity contribution in [2.24, 2.45) is 0 Å². The molecule has 0 aromatic heterocycles. The summed E-state index contributed by atoms with van der Waals surface area (Å²) in [4.78, 5) is 72.7. The van der Waals surface area contributed by atoms with Crippen LogP contribution in [-0.2, 0) is 57.2 Å². The minimum absolute atomic E-state index is 0.0490. The van der Waals surface area contributed by atoms with Crippen molar-refractivity contribution in [3.8, 4) is 0 Å². The minimum atomic E-state index is -0.916. The quantitative estimate of drug-likeness (QED) is 0.378. The fourth-order valence-corrected chi connectivity index (χ4v) is 6.09. The number of benzene rings is 1. The molecule has 0 radical (unpaired) electrons. The summed E-state index contributed by atoms with van der Waals surface area (Å²) in [7, 11) is 0. The van der Waals surface area contributed by atoms with Crippen LogP contribution in [0.25, 0.3) is 0 Å². The Balaban J connectivity index is 2.11. The van der Waals surface area contributed by atoms with Gasteiger partial charge in [-0.1, -0.05) is 0 Å². The molecule has 1 aromatic carbocycles. The molecule has 3 aliphatic rings. The van der Waals surface area contributed by atoms with E-state index in [0.717, 1.165) is 0 Å². The van der Waals surface area contributed by atoms with Gasteiger partial charge in [0.05, 0.1) is 0 Å². The van der Waals surface area contributed by atoms with E-state index in [0.29, 0.717) is 33.4 Å². The van der Waals surface area contributed by atoms with Crippen LogP contribution in [0.15, 0.2) is 0 Å². The summed E-state index contributed by atoms with van der Waals surface area (Å²) in [5, 5.41) is 0. The first-order chi connectivity index (χ1) is 18.3. The van der Waals surface area contributed by atoms with Gasteiger partial charge < -0.3 is 28.4 Å². The van der Waals surface area contributed by atoms with Crippen LogP contribution in [0, 0.1) is 0 Å². The van der Waals surface area contributed by atoms with E-state index in [1.807, 2.05) is 0 Å². The van der Waals surface area contributed by atoms with E-state index in [9.17, 15) is 28.8 Å². The Labute approximate surface area is 224 Å². The number of rotatable bonds is 6. The molecule has 0 spiro atoms. The van der Waals surface area contributed by atoms with E-state index in [1.54, 1.807) is 0 Å². The lowest BCUT2D eigenvalue weighted by Gasteiger charge is -2.25. The third-order valence-electron chi connectivity index (χ3n) is 6.81. The van der Waals surface area contributed by atoms with Crippen molar-refractivity contribution in [1.29, 1.82) is 0 Å². The van der Waals surface area contributed by atoms with Crippen LogP contribution in [-0.4, -0.2) is 35.8 Å². The maximum Gasteiger partial charge on any atom is 0.303 e. The van der Waals surface area contributed by atoms with Gasteiger partial charge in [0.25, 0.3) is 0 Å². The zero-order valence-corrected chi connectivity index (χ0v) is 22.5. The fourth-order valence-electron chi connectivity index (χ4n) is 6.09. The Bertz CT molecular complexity index is 999. The smallest absolute Gasteiger partial charge is 0.303 e. The van der Waals surface area contributed by atoms with Crippen LogP contribution < -0.4 is 0 Å². The lowest BCUT2D eigenvalue weighted by molar-refractivity contribution is -0.154. The summed E-state index contributed by atoms with van der Waals surface area (Å²) in [6.07, 6.45) is -5.35. The Kier molecular flexibility index (Phi) is 7.67. The SMILES string of the molecule is CC(=O)O[C@H]1C[C@@H](OC(C)=O)c2c1c1c(c3c2[C@H](OC(C)=O)C[C@H]3OC(C)=O)[C@@H](OC(C)=O)C[C@H]1OC(C)=O. The van der Waals surface area contributed by atoms with Crippen molar-refractivity contribution in [2.45, 2.75) is 97.4 Å². The van der Waals surface area contributed by atoms with Gasteiger partial charge >= 0.3 is 35.8 Å². The molecule has 12 nitrogen and oxygen atoms in total. The Morgan fingerprint density at radius 2 is 0.487 bits per heavy atom. The first-order valence-electron chi connectivity index (χ1n) is 12.5. The molecule has 0 aliphatic heterocycles. The van der Waals surface area contributed by atoms with E-state index in [-0.39, 0.29) is 19.3 Å². The lowest BCUT2D eigenvalue weighted by atomic mass is 9.87. The fraction of sp³-hybridized carbons (Fsp3) is 0.556. The summed E-state index contributed by atoms with van der Waals surface area (Å²) in [6, 6.07) is 0. The van der Waals surface area contributed by atoms with Crippen molar-refractivity contribution in [3.63, 3.8) is 0 Å². The van der Waals surface area contributed by atoms with Gasteiger partial charge in [-0.2, -0.15) is 0 Å². The molecule has 0 amide bonds. The van der Waals surface area contributed by atoms with Crippen molar-refractivity contribution < 1.29 is 57.2 Å². The second-order valence-corrected chi connectivity index (χ2v) is 9.78. The van der Waals surface area contributed by atoms with E-state index in [4.69, 9.17) is 28.4 Å². The molecule has 12 heteroatoms. The zero-order valence-electron chi connectivity index (χ0n) is 22.5. The number of carbonyl (C=O) groups excluding carboxylic acids is 6. The molecule has 3 aliphatic carbocycles. The summed E-state index contributed by atoms with van der Waals surface area (Å²) in [6.45, 7) is 7.39. The van der Waals surface area contributed by atoms with E-state index in [2.05, 4.69) is 0 Å². The second-order valence-electron chi connectivity index (χ2n) is 9.78. The van der Waals surface area contributed by atoms with Gasteiger partial charge in [0.2, 0.25) is 0 Å². The van der Waals surface area contributed by atoms with Gasteiger partial charge in [-0.05, 0) is 0 Å². The number of hydrogen-bond donors (Lipinski definition) is 0. The molecule has 0 bridgehead atoms. The van der Waals surface area contributed by atoms with Crippen molar-refractivity contribution in [3.05, 3.63) is 33.4 Å². The number of fused-ring (bicyclic) bond motifs is 6. The second kappa shape index (κ2) is 10.7. The molecule has 0 fully saturated rings. The molecule has 0 N–H and O–H groups in total. The molecule has 0 heterocycles. The van der Waals surface area contributed by atoms with Gasteiger partial charge in [0.15, 0.2) is 0 Å². The van der Waals surface area contributed by atoms with Crippen LogP contribution in [0.2, 0.25) is 0 Å². The highest BCUT2D eigenvalue weighted by Gasteiger charge is 2.53. The van der Waals surface area contributed by atoms with Crippen molar-refractivity contribution in [2.75, 3.05) is 0 Å². The van der Waals surface area contributed by atoms with Gasteiger partial charge in [-0.25, -0.2) is 0 Å². The zero-order chi connectivity index (χ0) is 28.8. The Hall–Kier alpha value is -3.96. The topological polar surface area (TPSA) is 158 Å². The lowest BCUT2D eigenvalue weighted by Crippen LogP contribution is -2.16. The van der Waals surface area contributed by atoms with Gasteiger partial charge in [0, 0.05) is 94.2 Å². The molecule has 210 valence electrons. The number of carbonyl (C=O) groups is 6. The molecule has 0 unspecified atom stereocenters. The molecule has 39 heavy (non-hydrogen) atoms. The average Bonchev–Trinajstić information content (AvgIpc) is 3.38. The number of hydrogen-bond acceptors (Lipinski definition) is 12. The van der Waals surface area contributed by atoms with Gasteiger partial charge in [0.1, 0.15) is 36.6 Å². The van der Waals surface area contributed by atoms with E-state index >= 15 is 0 Å². The highest BCUT2D eigenvalue weighted by molar-refractivity contribution is 5.74.